The van der Waals surface area contributed by atoms with Gasteiger partial charge in [-0.3, -0.25) is 4.79 Å². The number of hydrogen-bond acceptors (Lipinski definition) is 6. The van der Waals surface area contributed by atoms with E-state index in [1.165, 1.54) is 24.2 Å². The second-order valence-corrected chi connectivity index (χ2v) is 6.92. The first kappa shape index (κ1) is 13.4. The molecule has 0 radical (unpaired) electrons. The molecule has 5 nitrogen and oxygen atoms in total. The van der Waals surface area contributed by atoms with Gasteiger partial charge in [0.25, 0.3) is 5.91 Å². The lowest BCUT2D eigenvalue weighted by Gasteiger charge is -2.15. The molecule has 2 aromatic rings. The molecule has 1 saturated carbocycles. The third-order valence-electron chi connectivity index (χ3n) is 3.07. The van der Waals surface area contributed by atoms with Crippen molar-refractivity contribution in [1.82, 2.24) is 9.88 Å². The average Bonchev–Trinajstić information content (AvgIpc) is 2.93. The highest BCUT2D eigenvalue weighted by Crippen LogP contribution is 2.31. The Kier molecular flexibility index (Phi) is 3.62. The van der Waals surface area contributed by atoms with Crippen molar-refractivity contribution in [2.24, 2.45) is 0 Å². The van der Waals surface area contributed by atoms with Gasteiger partial charge in [0.05, 0.1) is 6.54 Å². The number of carbonyl (C=O) groups excluding carboxylic acids is 1. The summed E-state index contributed by atoms with van der Waals surface area (Å²) in [5.41, 5.74) is 5.86. The molecule has 0 spiro atoms. The lowest BCUT2D eigenvalue weighted by atomic mass is 10.4. The molecule has 3 N–H and O–H groups in total. The molecule has 1 aliphatic rings. The molecular weight excluding hydrogens is 292 g/mol. The standard InChI is InChI=1S/C13H16N4OS2/c1-17(7-9-3-2-6-19-9)12(18)10-11(14)16-13(20-10)15-8-4-5-8/h2-3,6,8H,4-5,7,14H2,1H3,(H,15,16). The zero-order valence-corrected chi connectivity index (χ0v) is 12.8. The van der Waals surface area contributed by atoms with Gasteiger partial charge in [-0.15, -0.1) is 11.3 Å². The molecule has 2 heterocycles. The van der Waals surface area contributed by atoms with Crippen LogP contribution in [-0.4, -0.2) is 28.9 Å². The summed E-state index contributed by atoms with van der Waals surface area (Å²) in [7, 11) is 1.79. The minimum atomic E-state index is -0.0720. The Bertz CT molecular complexity index is 604. The van der Waals surface area contributed by atoms with Crippen molar-refractivity contribution in [3.63, 3.8) is 0 Å². The molecule has 0 bridgehead atoms. The summed E-state index contributed by atoms with van der Waals surface area (Å²) in [5, 5.41) is 6.03. The van der Waals surface area contributed by atoms with Crippen molar-refractivity contribution in [3.8, 4) is 0 Å². The molecule has 3 rings (SSSR count). The third kappa shape index (κ3) is 2.94. The quantitative estimate of drug-likeness (QED) is 0.891. The first-order chi connectivity index (χ1) is 9.63. The Morgan fingerprint density at radius 1 is 1.60 bits per heavy atom. The highest BCUT2D eigenvalue weighted by atomic mass is 32.1. The lowest BCUT2D eigenvalue weighted by Crippen LogP contribution is -2.25. The van der Waals surface area contributed by atoms with Crippen molar-refractivity contribution in [1.29, 1.82) is 0 Å². The minimum Gasteiger partial charge on any atom is -0.382 e. The lowest BCUT2D eigenvalue weighted by molar-refractivity contribution is 0.0792. The fraction of sp³-hybridized carbons (Fsp3) is 0.385. The van der Waals surface area contributed by atoms with Gasteiger partial charge < -0.3 is 16.0 Å². The number of amides is 1. The van der Waals surface area contributed by atoms with E-state index in [-0.39, 0.29) is 5.91 Å². The van der Waals surface area contributed by atoms with E-state index in [1.807, 2.05) is 17.5 Å². The monoisotopic (exact) mass is 308 g/mol. The molecule has 0 saturated heterocycles. The molecule has 1 aliphatic carbocycles. The number of nitrogens with one attached hydrogen (secondary N) is 1. The van der Waals surface area contributed by atoms with Crippen LogP contribution < -0.4 is 11.1 Å². The fourth-order valence-corrected chi connectivity index (χ4v) is 3.54. The largest absolute Gasteiger partial charge is 0.382 e. The average molecular weight is 308 g/mol. The molecule has 1 amide bonds. The second kappa shape index (κ2) is 5.41. The summed E-state index contributed by atoms with van der Waals surface area (Å²) in [6.07, 6.45) is 2.34. The summed E-state index contributed by atoms with van der Waals surface area (Å²) >= 11 is 2.98. The van der Waals surface area contributed by atoms with Gasteiger partial charge in [0, 0.05) is 18.0 Å². The number of thiophene rings is 1. The van der Waals surface area contributed by atoms with Crippen molar-refractivity contribution in [3.05, 3.63) is 27.3 Å². The number of hydrogen-bond donors (Lipinski definition) is 2. The van der Waals surface area contributed by atoms with Gasteiger partial charge >= 0.3 is 0 Å². The van der Waals surface area contributed by atoms with E-state index < -0.39 is 0 Å². The number of carbonyl (C=O) groups is 1. The van der Waals surface area contributed by atoms with Crippen LogP contribution in [0, 0.1) is 0 Å². The van der Waals surface area contributed by atoms with Crippen LogP contribution in [0.1, 0.15) is 27.4 Å². The zero-order chi connectivity index (χ0) is 14.1. The minimum absolute atomic E-state index is 0.0720. The number of nitrogens with two attached hydrogens (primary N) is 1. The van der Waals surface area contributed by atoms with E-state index in [4.69, 9.17) is 5.73 Å². The van der Waals surface area contributed by atoms with Crippen LogP contribution in [0.25, 0.3) is 0 Å². The highest BCUT2D eigenvalue weighted by Gasteiger charge is 2.25. The van der Waals surface area contributed by atoms with E-state index in [1.54, 1.807) is 23.3 Å². The van der Waals surface area contributed by atoms with Crippen LogP contribution in [-0.2, 0) is 6.54 Å². The van der Waals surface area contributed by atoms with Crippen LogP contribution in [0.5, 0.6) is 0 Å². The molecule has 0 atom stereocenters. The van der Waals surface area contributed by atoms with Gasteiger partial charge in [0.15, 0.2) is 5.13 Å². The summed E-state index contributed by atoms with van der Waals surface area (Å²) in [6, 6.07) is 4.51. The topological polar surface area (TPSA) is 71.2 Å². The molecule has 0 aliphatic heterocycles. The van der Waals surface area contributed by atoms with E-state index in [9.17, 15) is 4.79 Å². The molecular formula is C13H16N4OS2. The van der Waals surface area contributed by atoms with E-state index in [0.717, 1.165) is 10.0 Å². The molecule has 1 fully saturated rings. The predicted octanol–water partition coefficient (Wildman–Crippen LogP) is 2.63. The third-order valence-corrected chi connectivity index (χ3v) is 4.92. The van der Waals surface area contributed by atoms with Gasteiger partial charge in [-0.1, -0.05) is 17.4 Å². The van der Waals surface area contributed by atoms with Crippen molar-refractivity contribution in [2.75, 3.05) is 18.1 Å². The number of rotatable bonds is 5. The van der Waals surface area contributed by atoms with Crippen molar-refractivity contribution < 1.29 is 4.79 Å². The zero-order valence-electron chi connectivity index (χ0n) is 11.1. The molecule has 0 aromatic carbocycles. The summed E-state index contributed by atoms with van der Waals surface area (Å²) in [5.74, 6) is 0.249. The van der Waals surface area contributed by atoms with Crippen molar-refractivity contribution >= 4 is 39.5 Å². The SMILES string of the molecule is CN(Cc1cccs1)C(=O)c1sc(NC2CC2)nc1N. The first-order valence-electron chi connectivity index (χ1n) is 6.44. The van der Waals surface area contributed by atoms with Gasteiger partial charge in [-0.25, -0.2) is 4.98 Å². The Morgan fingerprint density at radius 2 is 2.40 bits per heavy atom. The number of thiazole rings is 1. The van der Waals surface area contributed by atoms with Gasteiger partial charge in [-0.05, 0) is 24.3 Å². The maximum absolute atomic E-state index is 12.4. The number of aromatic nitrogens is 1. The van der Waals surface area contributed by atoms with E-state index >= 15 is 0 Å². The predicted molar refractivity (Wildman–Crippen MR) is 83.3 cm³/mol. The Labute approximate surface area is 125 Å². The maximum Gasteiger partial charge on any atom is 0.267 e. The molecule has 106 valence electrons. The second-order valence-electron chi connectivity index (χ2n) is 4.89. The van der Waals surface area contributed by atoms with E-state index in [0.29, 0.717) is 23.3 Å². The summed E-state index contributed by atoms with van der Waals surface area (Å²) < 4.78 is 0. The number of anilines is 2. The van der Waals surface area contributed by atoms with Crippen LogP contribution in [0.3, 0.4) is 0 Å². The Hall–Kier alpha value is -1.60. The van der Waals surface area contributed by atoms with Crippen molar-refractivity contribution in [2.45, 2.75) is 25.4 Å². The summed E-state index contributed by atoms with van der Waals surface area (Å²) in [4.78, 5) is 20.0. The van der Waals surface area contributed by atoms with Crippen LogP contribution in [0.2, 0.25) is 0 Å². The normalized spacial score (nSPS) is 14.2. The number of nitrogens with zero attached hydrogens (tertiary/aromatic N) is 2. The molecule has 2 aromatic heterocycles. The van der Waals surface area contributed by atoms with Crippen LogP contribution >= 0.6 is 22.7 Å². The maximum atomic E-state index is 12.4. The molecule has 7 heteroatoms. The Morgan fingerprint density at radius 3 is 3.05 bits per heavy atom. The van der Waals surface area contributed by atoms with Crippen LogP contribution in [0.15, 0.2) is 17.5 Å². The highest BCUT2D eigenvalue weighted by molar-refractivity contribution is 7.18. The summed E-state index contributed by atoms with van der Waals surface area (Å²) in [6.45, 7) is 0.596. The van der Waals surface area contributed by atoms with Crippen LogP contribution in [0.4, 0.5) is 10.9 Å². The molecule has 0 unspecified atom stereocenters. The fourth-order valence-electron chi connectivity index (χ4n) is 1.83. The van der Waals surface area contributed by atoms with Gasteiger partial charge in [-0.2, -0.15) is 0 Å². The molecule has 20 heavy (non-hydrogen) atoms. The van der Waals surface area contributed by atoms with Gasteiger partial charge in [0.1, 0.15) is 10.7 Å². The Balaban J connectivity index is 1.70. The smallest absolute Gasteiger partial charge is 0.267 e. The van der Waals surface area contributed by atoms with E-state index in [2.05, 4.69) is 10.3 Å². The first-order valence-corrected chi connectivity index (χ1v) is 8.14. The number of nitrogen functional groups attached to an aromatic ring is 1. The van der Waals surface area contributed by atoms with Gasteiger partial charge in [0.2, 0.25) is 0 Å².